The zero-order valence-corrected chi connectivity index (χ0v) is 9.82. The third-order valence-electron chi connectivity index (χ3n) is 2.02. The van der Waals surface area contributed by atoms with Gasteiger partial charge in [-0.1, -0.05) is 42.1 Å². The number of aliphatic imine (C=N–C) groups is 1. The van der Waals surface area contributed by atoms with Crippen molar-refractivity contribution in [1.29, 1.82) is 0 Å². The number of nitrogens with zero attached hydrogens (tertiary/aromatic N) is 1. The molecule has 2 nitrogen and oxygen atoms in total. The number of rotatable bonds is 3. The van der Waals surface area contributed by atoms with Crippen molar-refractivity contribution in [2.24, 2.45) is 4.99 Å². The van der Waals surface area contributed by atoms with Gasteiger partial charge in [0.1, 0.15) is 11.6 Å². The predicted molar refractivity (Wildman–Crippen MR) is 63.5 cm³/mol. The van der Waals surface area contributed by atoms with E-state index in [2.05, 4.69) is 16.6 Å². The molecule has 5 heteroatoms. The quantitative estimate of drug-likeness (QED) is 0.274. The summed E-state index contributed by atoms with van der Waals surface area (Å²) in [6, 6.07) is 11.7. The molecule has 0 atom stereocenters. The van der Waals surface area contributed by atoms with Crippen LogP contribution >= 0.6 is 0 Å². The molecule has 0 saturated carbocycles. The molecule has 0 radical (unpaired) electrons. The van der Waals surface area contributed by atoms with E-state index in [0.717, 1.165) is 0 Å². The molecule has 0 aromatic heterocycles. The Morgan fingerprint density at radius 1 is 0.944 bits per heavy atom. The fourth-order valence-corrected chi connectivity index (χ4v) is 1.27. The normalized spacial score (nSPS) is 10.1. The first-order valence-corrected chi connectivity index (χ1v) is 4.97. The summed E-state index contributed by atoms with van der Waals surface area (Å²) in [5.74, 6) is -0.707. The van der Waals surface area contributed by atoms with Crippen LogP contribution in [0, 0.1) is 11.6 Å². The van der Waals surface area contributed by atoms with Gasteiger partial charge in [0, 0.05) is 6.34 Å². The zero-order chi connectivity index (χ0) is 12.1. The minimum Gasteiger partial charge on any atom is -0.452 e. The first-order valence-electron chi connectivity index (χ1n) is 4.97. The molecule has 0 saturated heterocycles. The Morgan fingerprint density at radius 2 is 1.61 bits per heavy atom. The third kappa shape index (κ3) is 4.32. The predicted octanol–water partition coefficient (Wildman–Crippen LogP) is 0.618. The van der Waals surface area contributed by atoms with Gasteiger partial charge in [0.15, 0.2) is 0 Å². The Morgan fingerprint density at radius 3 is 2.28 bits per heavy atom. The summed E-state index contributed by atoms with van der Waals surface area (Å²) in [6.07, 6.45) is 2.51. The molecule has 0 aliphatic carbocycles. The van der Waals surface area contributed by atoms with Crippen LogP contribution in [0.2, 0.25) is 0 Å². The monoisotopic (exact) mass is 238 g/mol. The van der Waals surface area contributed by atoms with E-state index in [1.807, 2.05) is 0 Å². The van der Waals surface area contributed by atoms with Crippen LogP contribution < -0.4 is 24.2 Å². The van der Waals surface area contributed by atoms with Crippen LogP contribution in [-0.2, 0) is 0 Å². The summed E-state index contributed by atoms with van der Waals surface area (Å²) in [4.78, 5) is 3.87. The van der Waals surface area contributed by atoms with Crippen LogP contribution in [0.1, 0.15) is 0 Å². The molecule has 0 bridgehead atoms. The van der Waals surface area contributed by atoms with Crippen molar-refractivity contribution >= 4 is 17.7 Å². The summed E-state index contributed by atoms with van der Waals surface area (Å²) in [6.45, 7) is 0. The molecule has 0 amide bonds. The standard InChI is InChI=1S/C13H9F2N2.Li/c14-10-3-1-5-12(7-10)16-9-17-13-6-2-4-11(15)8-13;/h1-8H,(H,16,17);/q-1;+1. The fraction of sp³-hybridized carbons (Fsp3) is 0. The Kier molecular flexibility index (Phi) is 5.57. The molecule has 2 rings (SSSR count). The van der Waals surface area contributed by atoms with Gasteiger partial charge in [-0.3, -0.25) is 0 Å². The van der Waals surface area contributed by atoms with E-state index in [-0.39, 0.29) is 30.5 Å². The summed E-state index contributed by atoms with van der Waals surface area (Å²) < 4.78 is 25.6. The smallest absolute Gasteiger partial charge is 0.452 e. The average Bonchev–Trinajstić information content (AvgIpc) is 2.29. The maximum atomic E-state index is 12.8. The second kappa shape index (κ2) is 6.95. The SMILES string of the molecule is Fc1cccc(N=[C-]Nc2cccc(F)c2)c1.[Li+]. The van der Waals surface area contributed by atoms with E-state index in [0.29, 0.717) is 11.4 Å². The number of benzene rings is 2. The molecule has 0 spiro atoms. The first-order chi connectivity index (χ1) is 8.24. The van der Waals surface area contributed by atoms with E-state index in [1.165, 1.54) is 24.3 Å². The average molecular weight is 238 g/mol. The van der Waals surface area contributed by atoms with Crippen LogP contribution in [0.4, 0.5) is 20.2 Å². The van der Waals surface area contributed by atoms with Crippen molar-refractivity contribution in [3.05, 3.63) is 60.2 Å². The van der Waals surface area contributed by atoms with Crippen molar-refractivity contribution < 1.29 is 27.6 Å². The molecule has 0 fully saturated rings. The maximum Gasteiger partial charge on any atom is 1.00 e. The van der Waals surface area contributed by atoms with Gasteiger partial charge < -0.3 is 10.3 Å². The van der Waals surface area contributed by atoms with Crippen molar-refractivity contribution in [2.45, 2.75) is 0 Å². The Balaban J connectivity index is 0.00000162. The van der Waals surface area contributed by atoms with Gasteiger partial charge in [-0.05, 0) is 17.8 Å². The molecular formula is C13H9F2LiN2. The van der Waals surface area contributed by atoms with Crippen LogP contribution in [-0.4, -0.2) is 6.34 Å². The minimum atomic E-state index is -0.362. The molecule has 2 aromatic carbocycles. The van der Waals surface area contributed by atoms with E-state index >= 15 is 0 Å². The van der Waals surface area contributed by atoms with Crippen molar-refractivity contribution in [3.63, 3.8) is 0 Å². The Labute approximate surface area is 116 Å². The topological polar surface area (TPSA) is 24.4 Å². The van der Waals surface area contributed by atoms with Crippen LogP contribution in [0.3, 0.4) is 0 Å². The Bertz CT molecular complexity index is 544. The first kappa shape index (κ1) is 14.4. The van der Waals surface area contributed by atoms with Gasteiger partial charge >= 0.3 is 18.9 Å². The third-order valence-corrected chi connectivity index (χ3v) is 2.02. The summed E-state index contributed by atoms with van der Waals surface area (Å²) in [5, 5.41) is 2.67. The zero-order valence-electron chi connectivity index (χ0n) is 9.82. The van der Waals surface area contributed by atoms with Crippen molar-refractivity contribution in [3.8, 4) is 0 Å². The molecule has 0 aliphatic rings. The number of nitrogens with one attached hydrogen (secondary N) is 1. The summed E-state index contributed by atoms with van der Waals surface area (Å²) in [7, 11) is 0. The second-order valence-electron chi connectivity index (χ2n) is 3.34. The van der Waals surface area contributed by atoms with E-state index < -0.39 is 0 Å². The molecular weight excluding hydrogens is 229 g/mol. The number of anilines is 1. The molecule has 1 N–H and O–H groups in total. The van der Waals surface area contributed by atoms with Gasteiger partial charge in [0.2, 0.25) is 0 Å². The minimum absolute atomic E-state index is 0. The second-order valence-corrected chi connectivity index (χ2v) is 3.34. The van der Waals surface area contributed by atoms with Crippen LogP contribution in [0.5, 0.6) is 0 Å². The summed E-state index contributed by atoms with van der Waals surface area (Å²) >= 11 is 0. The number of hydrogen-bond donors (Lipinski definition) is 1. The maximum absolute atomic E-state index is 12.8. The summed E-state index contributed by atoms with van der Waals surface area (Å²) in [5.41, 5.74) is 0.971. The molecule has 2 aromatic rings. The van der Waals surface area contributed by atoms with E-state index in [1.54, 1.807) is 24.3 Å². The molecule has 0 aliphatic heterocycles. The largest absolute Gasteiger partial charge is 1.00 e. The van der Waals surface area contributed by atoms with Gasteiger partial charge in [0.05, 0.1) is 0 Å². The van der Waals surface area contributed by atoms with Crippen molar-refractivity contribution in [1.82, 2.24) is 0 Å². The van der Waals surface area contributed by atoms with Crippen LogP contribution in [0.25, 0.3) is 0 Å². The molecule has 18 heavy (non-hydrogen) atoms. The number of halogens is 2. The van der Waals surface area contributed by atoms with Gasteiger partial charge in [-0.15, -0.1) is 0 Å². The Hall–Kier alpha value is -1.63. The van der Waals surface area contributed by atoms with Gasteiger partial charge in [0.25, 0.3) is 0 Å². The fourth-order valence-electron chi connectivity index (χ4n) is 1.27. The van der Waals surface area contributed by atoms with Gasteiger partial charge in [-0.25, -0.2) is 8.78 Å². The van der Waals surface area contributed by atoms with Crippen molar-refractivity contribution in [2.75, 3.05) is 5.32 Å². The molecule has 86 valence electrons. The molecule has 0 unspecified atom stereocenters. The number of hydrogen-bond acceptors (Lipinski definition) is 1. The van der Waals surface area contributed by atoms with Crippen LogP contribution in [0.15, 0.2) is 53.5 Å². The van der Waals surface area contributed by atoms with E-state index in [9.17, 15) is 8.78 Å². The molecule has 0 heterocycles. The van der Waals surface area contributed by atoms with E-state index in [4.69, 9.17) is 0 Å². The van der Waals surface area contributed by atoms with Gasteiger partial charge in [-0.2, -0.15) is 0 Å².